The van der Waals surface area contributed by atoms with E-state index in [0.717, 1.165) is 0 Å². The number of aromatic hydroxyl groups is 1. The fraction of sp³-hybridized carbons (Fsp3) is 0.333. The maximum Gasteiger partial charge on any atom is 0.257 e. The van der Waals surface area contributed by atoms with Crippen LogP contribution >= 0.6 is 11.6 Å². The Morgan fingerprint density at radius 1 is 1.47 bits per heavy atom. The summed E-state index contributed by atoms with van der Waals surface area (Å²) < 4.78 is 29.6. The van der Waals surface area contributed by atoms with Crippen molar-refractivity contribution in [1.29, 1.82) is 0 Å². The van der Waals surface area contributed by atoms with Gasteiger partial charge in [-0.05, 0) is 12.1 Å². The smallest absolute Gasteiger partial charge is 0.257 e. The zero-order valence-electron chi connectivity index (χ0n) is 7.88. The van der Waals surface area contributed by atoms with Gasteiger partial charge in [0.2, 0.25) is 0 Å². The third-order valence-corrected chi connectivity index (χ3v) is 2.26. The van der Waals surface area contributed by atoms with Crippen molar-refractivity contribution in [3.63, 3.8) is 0 Å². The average molecular weight is 238 g/mol. The molecule has 6 heteroatoms. The summed E-state index contributed by atoms with van der Waals surface area (Å²) in [5, 5.41) is 9.46. The molecule has 0 aliphatic carbocycles. The number of benzene rings is 1. The van der Waals surface area contributed by atoms with Gasteiger partial charge in [0, 0.05) is 0 Å². The molecule has 0 aliphatic heterocycles. The Morgan fingerprint density at radius 2 is 2.07 bits per heavy atom. The molecule has 0 spiro atoms. The van der Waals surface area contributed by atoms with Gasteiger partial charge in [-0.1, -0.05) is 11.6 Å². The van der Waals surface area contributed by atoms with Crippen LogP contribution in [0.1, 0.15) is 11.6 Å². The summed E-state index contributed by atoms with van der Waals surface area (Å²) in [6.45, 7) is 0. The number of hydrogen-bond donors (Lipinski definition) is 2. The molecule has 0 saturated heterocycles. The second-order valence-corrected chi connectivity index (χ2v) is 3.28. The van der Waals surface area contributed by atoms with Crippen LogP contribution in [-0.4, -0.2) is 18.6 Å². The Morgan fingerprint density at radius 3 is 2.53 bits per heavy atom. The van der Waals surface area contributed by atoms with E-state index in [-0.39, 0.29) is 16.3 Å². The number of hydrogen-bond acceptors (Lipinski definition) is 3. The number of phenolic OH excluding ortho intramolecular Hbond substituents is 1. The number of ether oxygens (including phenoxy) is 1. The molecule has 0 fully saturated rings. The molecule has 84 valence electrons. The molecule has 3 N–H and O–H groups in total. The van der Waals surface area contributed by atoms with Gasteiger partial charge in [-0.15, -0.1) is 0 Å². The number of halogens is 3. The number of nitrogens with two attached hydrogens (primary N) is 1. The van der Waals surface area contributed by atoms with Gasteiger partial charge in [0.1, 0.15) is 11.5 Å². The Labute approximate surface area is 90.4 Å². The number of phenols is 1. The average Bonchev–Trinajstić information content (AvgIpc) is 2.20. The lowest BCUT2D eigenvalue weighted by Gasteiger charge is -2.16. The Kier molecular flexibility index (Phi) is 3.71. The van der Waals surface area contributed by atoms with Crippen LogP contribution in [0.15, 0.2) is 12.1 Å². The van der Waals surface area contributed by atoms with Crippen molar-refractivity contribution in [3.05, 3.63) is 22.7 Å². The van der Waals surface area contributed by atoms with Crippen LogP contribution in [0.2, 0.25) is 5.02 Å². The second kappa shape index (κ2) is 4.63. The first-order valence-corrected chi connectivity index (χ1v) is 4.46. The molecule has 15 heavy (non-hydrogen) atoms. The third-order valence-electron chi connectivity index (χ3n) is 1.95. The van der Waals surface area contributed by atoms with Crippen molar-refractivity contribution < 1.29 is 18.6 Å². The van der Waals surface area contributed by atoms with E-state index in [1.807, 2.05) is 0 Å². The Bertz CT molecular complexity index is 360. The van der Waals surface area contributed by atoms with E-state index < -0.39 is 18.2 Å². The highest BCUT2D eigenvalue weighted by molar-refractivity contribution is 6.32. The Hall–Kier alpha value is -1.07. The van der Waals surface area contributed by atoms with Crippen LogP contribution in [-0.2, 0) is 0 Å². The van der Waals surface area contributed by atoms with Gasteiger partial charge in [-0.2, -0.15) is 0 Å². The maximum atomic E-state index is 12.4. The monoisotopic (exact) mass is 237 g/mol. The lowest BCUT2D eigenvalue weighted by molar-refractivity contribution is 0.114. The van der Waals surface area contributed by atoms with Crippen LogP contribution in [0.4, 0.5) is 8.78 Å². The van der Waals surface area contributed by atoms with Crippen LogP contribution < -0.4 is 10.5 Å². The van der Waals surface area contributed by atoms with Crippen LogP contribution in [0, 0.1) is 0 Å². The topological polar surface area (TPSA) is 55.5 Å². The van der Waals surface area contributed by atoms with E-state index in [4.69, 9.17) is 22.1 Å². The molecule has 1 atom stereocenters. The summed E-state index contributed by atoms with van der Waals surface area (Å²) in [7, 11) is 1.30. The molecule has 1 aromatic rings. The van der Waals surface area contributed by atoms with E-state index in [2.05, 4.69) is 0 Å². The molecule has 0 aliphatic rings. The predicted molar refractivity (Wildman–Crippen MR) is 52.6 cm³/mol. The van der Waals surface area contributed by atoms with Crippen molar-refractivity contribution in [3.8, 4) is 11.5 Å². The van der Waals surface area contributed by atoms with Crippen LogP contribution in [0.5, 0.6) is 11.5 Å². The van der Waals surface area contributed by atoms with Crippen molar-refractivity contribution >= 4 is 11.6 Å². The van der Waals surface area contributed by atoms with Crippen LogP contribution in [0.3, 0.4) is 0 Å². The summed E-state index contributed by atoms with van der Waals surface area (Å²) >= 11 is 5.59. The van der Waals surface area contributed by atoms with Crippen molar-refractivity contribution in [1.82, 2.24) is 0 Å². The summed E-state index contributed by atoms with van der Waals surface area (Å²) in [6.07, 6.45) is -2.80. The summed E-state index contributed by atoms with van der Waals surface area (Å²) in [5.41, 5.74) is 5.05. The molecule has 3 nitrogen and oxygen atoms in total. The zero-order chi connectivity index (χ0) is 11.6. The highest BCUT2D eigenvalue weighted by Crippen LogP contribution is 2.39. The summed E-state index contributed by atoms with van der Waals surface area (Å²) in [6, 6.07) is 1.09. The first kappa shape index (κ1) is 12.0. The van der Waals surface area contributed by atoms with Gasteiger partial charge in [0.05, 0.1) is 23.7 Å². The quantitative estimate of drug-likeness (QED) is 0.848. The van der Waals surface area contributed by atoms with Crippen molar-refractivity contribution in [2.24, 2.45) is 5.73 Å². The maximum absolute atomic E-state index is 12.4. The third kappa shape index (κ3) is 2.30. The Balaban J connectivity index is 3.29. The SMILES string of the molecule is COc1ccc(Cl)c(O)c1[C@H](N)C(F)F. The largest absolute Gasteiger partial charge is 0.506 e. The number of rotatable bonds is 3. The summed E-state index contributed by atoms with van der Waals surface area (Å²) in [4.78, 5) is 0. The highest BCUT2D eigenvalue weighted by atomic mass is 35.5. The zero-order valence-corrected chi connectivity index (χ0v) is 8.63. The van der Waals surface area contributed by atoms with Crippen molar-refractivity contribution in [2.45, 2.75) is 12.5 Å². The molecule has 1 rings (SSSR count). The van der Waals surface area contributed by atoms with E-state index in [1.165, 1.54) is 19.2 Å². The van der Waals surface area contributed by atoms with Gasteiger partial charge in [-0.25, -0.2) is 8.78 Å². The van der Waals surface area contributed by atoms with E-state index in [9.17, 15) is 13.9 Å². The first-order chi connectivity index (χ1) is 6.99. The molecule has 0 bridgehead atoms. The van der Waals surface area contributed by atoms with Gasteiger partial charge < -0.3 is 15.6 Å². The fourth-order valence-electron chi connectivity index (χ4n) is 1.19. The van der Waals surface area contributed by atoms with Crippen LogP contribution in [0.25, 0.3) is 0 Å². The molecule has 0 heterocycles. The van der Waals surface area contributed by atoms with Gasteiger partial charge in [0.15, 0.2) is 0 Å². The fourth-order valence-corrected chi connectivity index (χ4v) is 1.35. The van der Waals surface area contributed by atoms with E-state index in [0.29, 0.717) is 0 Å². The first-order valence-electron chi connectivity index (χ1n) is 4.08. The second-order valence-electron chi connectivity index (χ2n) is 2.87. The standard InChI is InChI=1S/C9H10ClF2NO2/c1-15-5-3-2-4(10)8(14)6(5)7(13)9(11)12/h2-3,7,9,14H,13H2,1H3/t7-/m0/s1. The molecular formula is C9H10ClF2NO2. The number of alkyl halides is 2. The molecule has 1 aromatic carbocycles. The van der Waals surface area contributed by atoms with E-state index >= 15 is 0 Å². The minimum Gasteiger partial charge on any atom is -0.506 e. The summed E-state index contributed by atoms with van der Waals surface area (Å²) in [5.74, 6) is -0.381. The lowest BCUT2D eigenvalue weighted by Crippen LogP contribution is -2.20. The molecule has 0 aromatic heterocycles. The molecular weight excluding hydrogens is 228 g/mol. The highest BCUT2D eigenvalue weighted by Gasteiger charge is 2.25. The molecule has 0 radical (unpaired) electrons. The number of methoxy groups -OCH3 is 1. The normalized spacial score (nSPS) is 12.9. The van der Waals surface area contributed by atoms with Gasteiger partial charge >= 0.3 is 0 Å². The lowest BCUT2D eigenvalue weighted by atomic mass is 10.1. The minimum atomic E-state index is -2.80. The minimum absolute atomic E-state index is 0.0399. The molecule has 0 amide bonds. The van der Waals surface area contributed by atoms with E-state index in [1.54, 1.807) is 0 Å². The predicted octanol–water partition coefficient (Wildman–Crippen LogP) is 2.32. The van der Waals surface area contributed by atoms with Crippen molar-refractivity contribution in [2.75, 3.05) is 7.11 Å². The van der Waals surface area contributed by atoms with Gasteiger partial charge in [-0.3, -0.25) is 0 Å². The molecule has 0 saturated carbocycles. The molecule has 0 unspecified atom stereocenters. The van der Waals surface area contributed by atoms with Gasteiger partial charge in [0.25, 0.3) is 6.43 Å².